The molecule has 0 amide bonds. The number of rotatable bonds is 6. The Balaban J connectivity index is 2.84. The minimum Gasteiger partial charge on any atom is -0.300 e. The molecular formula is C8H16OS. The third-order valence-electron chi connectivity index (χ3n) is 1.17. The molecule has 0 rings (SSSR count). The molecule has 0 N–H and O–H groups in total. The molecule has 0 aromatic rings. The highest BCUT2D eigenvalue weighted by Gasteiger charge is 1.92. The average molecular weight is 160 g/mol. The minimum absolute atomic E-state index is 0.317. The van der Waals surface area contributed by atoms with Gasteiger partial charge in [0.15, 0.2) is 0 Å². The van der Waals surface area contributed by atoms with Crippen LogP contribution >= 0.6 is 11.8 Å². The van der Waals surface area contributed by atoms with Crippen molar-refractivity contribution in [2.75, 3.05) is 11.5 Å². The minimum atomic E-state index is 0.317. The Morgan fingerprint density at radius 3 is 2.60 bits per heavy atom. The van der Waals surface area contributed by atoms with Gasteiger partial charge in [-0.2, -0.15) is 11.8 Å². The van der Waals surface area contributed by atoms with Gasteiger partial charge in [0.25, 0.3) is 0 Å². The molecule has 0 bridgehead atoms. The SMILES string of the molecule is CCCSCCCC(C)=O. The van der Waals surface area contributed by atoms with Gasteiger partial charge in [-0.25, -0.2) is 0 Å². The Kier molecular flexibility index (Phi) is 7.15. The van der Waals surface area contributed by atoms with Gasteiger partial charge in [-0.05, 0) is 31.3 Å². The van der Waals surface area contributed by atoms with E-state index in [1.165, 1.54) is 12.2 Å². The molecule has 0 spiro atoms. The first kappa shape index (κ1) is 10.0. The molecule has 60 valence electrons. The van der Waals surface area contributed by atoms with Crippen LogP contribution in [-0.4, -0.2) is 17.3 Å². The van der Waals surface area contributed by atoms with Crippen LogP contribution in [0.4, 0.5) is 0 Å². The molecule has 1 nitrogen and oxygen atoms in total. The van der Waals surface area contributed by atoms with Gasteiger partial charge in [0.1, 0.15) is 5.78 Å². The summed E-state index contributed by atoms with van der Waals surface area (Å²) in [5.41, 5.74) is 0. The van der Waals surface area contributed by atoms with Crippen molar-refractivity contribution in [2.24, 2.45) is 0 Å². The summed E-state index contributed by atoms with van der Waals surface area (Å²) in [5.74, 6) is 2.70. The third-order valence-corrected chi connectivity index (χ3v) is 2.44. The van der Waals surface area contributed by atoms with Crippen LogP contribution in [0.2, 0.25) is 0 Å². The van der Waals surface area contributed by atoms with Crippen LogP contribution in [0.5, 0.6) is 0 Å². The topological polar surface area (TPSA) is 17.1 Å². The lowest BCUT2D eigenvalue weighted by Gasteiger charge is -1.96. The number of carbonyl (C=O) groups is 1. The van der Waals surface area contributed by atoms with Crippen LogP contribution in [0.25, 0.3) is 0 Å². The molecule has 0 radical (unpaired) electrons. The molecule has 0 aliphatic heterocycles. The lowest BCUT2D eigenvalue weighted by molar-refractivity contribution is -0.117. The number of Topliss-reactive ketones (excluding diaryl/α,β-unsaturated/α-hetero) is 1. The Bertz CT molecular complexity index is 91.3. The molecule has 10 heavy (non-hydrogen) atoms. The first-order chi connectivity index (χ1) is 4.77. The van der Waals surface area contributed by atoms with Crippen LogP contribution in [0.3, 0.4) is 0 Å². The number of hydrogen-bond donors (Lipinski definition) is 0. The Morgan fingerprint density at radius 1 is 1.40 bits per heavy atom. The van der Waals surface area contributed by atoms with Gasteiger partial charge in [0.2, 0.25) is 0 Å². The van der Waals surface area contributed by atoms with Gasteiger partial charge >= 0.3 is 0 Å². The monoisotopic (exact) mass is 160 g/mol. The van der Waals surface area contributed by atoms with Crippen LogP contribution in [0.1, 0.15) is 33.1 Å². The molecular weight excluding hydrogens is 144 g/mol. The quantitative estimate of drug-likeness (QED) is 0.555. The van der Waals surface area contributed by atoms with Gasteiger partial charge < -0.3 is 4.79 Å². The normalized spacial score (nSPS) is 9.80. The maximum atomic E-state index is 10.5. The van der Waals surface area contributed by atoms with Crippen molar-refractivity contribution in [3.63, 3.8) is 0 Å². The maximum absolute atomic E-state index is 10.5. The Morgan fingerprint density at radius 2 is 2.10 bits per heavy atom. The molecule has 0 atom stereocenters. The maximum Gasteiger partial charge on any atom is 0.129 e. The van der Waals surface area contributed by atoms with Crippen molar-refractivity contribution in [3.05, 3.63) is 0 Å². The second-order valence-corrected chi connectivity index (χ2v) is 3.64. The van der Waals surface area contributed by atoms with E-state index in [0.29, 0.717) is 5.78 Å². The van der Waals surface area contributed by atoms with E-state index in [4.69, 9.17) is 0 Å². The molecule has 0 aliphatic rings. The van der Waals surface area contributed by atoms with E-state index < -0.39 is 0 Å². The molecule has 0 heterocycles. The van der Waals surface area contributed by atoms with Gasteiger partial charge in [-0.3, -0.25) is 0 Å². The van der Waals surface area contributed by atoms with Crippen LogP contribution in [-0.2, 0) is 4.79 Å². The summed E-state index contributed by atoms with van der Waals surface area (Å²) in [6.07, 6.45) is 3.06. The zero-order valence-electron chi connectivity index (χ0n) is 6.85. The lowest BCUT2D eigenvalue weighted by atomic mass is 10.3. The lowest BCUT2D eigenvalue weighted by Crippen LogP contribution is -1.91. The predicted molar refractivity (Wildman–Crippen MR) is 47.5 cm³/mol. The van der Waals surface area contributed by atoms with E-state index in [2.05, 4.69) is 6.92 Å². The van der Waals surface area contributed by atoms with E-state index >= 15 is 0 Å². The summed E-state index contributed by atoms with van der Waals surface area (Å²) in [5, 5.41) is 0. The van der Waals surface area contributed by atoms with E-state index in [0.717, 1.165) is 18.6 Å². The summed E-state index contributed by atoms with van der Waals surface area (Å²) in [6.45, 7) is 3.84. The van der Waals surface area contributed by atoms with Crippen LogP contribution in [0.15, 0.2) is 0 Å². The molecule has 0 aliphatic carbocycles. The highest BCUT2D eigenvalue weighted by molar-refractivity contribution is 7.99. The summed E-state index contributed by atoms with van der Waals surface area (Å²) in [6, 6.07) is 0. The fourth-order valence-electron chi connectivity index (χ4n) is 0.670. The van der Waals surface area contributed by atoms with Gasteiger partial charge in [0, 0.05) is 6.42 Å². The smallest absolute Gasteiger partial charge is 0.129 e. The molecule has 2 heteroatoms. The van der Waals surface area contributed by atoms with Crippen molar-refractivity contribution < 1.29 is 4.79 Å². The molecule has 0 unspecified atom stereocenters. The molecule has 0 aromatic carbocycles. The van der Waals surface area contributed by atoms with E-state index in [1.54, 1.807) is 6.92 Å². The van der Waals surface area contributed by atoms with Gasteiger partial charge in [0.05, 0.1) is 0 Å². The van der Waals surface area contributed by atoms with Crippen molar-refractivity contribution in [3.8, 4) is 0 Å². The van der Waals surface area contributed by atoms with Gasteiger partial charge in [-0.1, -0.05) is 6.92 Å². The first-order valence-corrected chi connectivity index (χ1v) is 5.00. The molecule has 0 aromatic heterocycles. The summed E-state index contributed by atoms with van der Waals surface area (Å²) < 4.78 is 0. The number of ketones is 1. The molecule has 0 saturated heterocycles. The van der Waals surface area contributed by atoms with Crippen molar-refractivity contribution in [1.82, 2.24) is 0 Å². The summed E-state index contributed by atoms with van der Waals surface area (Å²) >= 11 is 1.94. The number of thioether (sulfide) groups is 1. The van der Waals surface area contributed by atoms with E-state index in [-0.39, 0.29) is 0 Å². The number of hydrogen-bond acceptors (Lipinski definition) is 2. The van der Waals surface area contributed by atoms with E-state index in [1.807, 2.05) is 11.8 Å². The average Bonchev–Trinajstić information content (AvgIpc) is 1.87. The summed E-state index contributed by atoms with van der Waals surface area (Å²) in [4.78, 5) is 10.5. The fourth-order valence-corrected chi connectivity index (χ4v) is 1.51. The first-order valence-electron chi connectivity index (χ1n) is 3.84. The fraction of sp³-hybridized carbons (Fsp3) is 0.875. The van der Waals surface area contributed by atoms with Crippen molar-refractivity contribution in [1.29, 1.82) is 0 Å². The third kappa shape index (κ3) is 8.02. The largest absolute Gasteiger partial charge is 0.300 e. The van der Waals surface area contributed by atoms with Crippen LogP contribution < -0.4 is 0 Å². The zero-order valence-corrected chi connectivity index (χ0v) is 7.67. The van der Waals surface area contributed by atoms with Crippen molar-refractivity contribution in [2.45, 2.75) is 33.1 Å². The van der Waals surface area contributed by atoms with E-state index in [9.17, 15) is 4.79 Å². The highest BCUT2D eigenvalue weighted by atomic mass is 32.2. The second-order valence-electron chi connectivity index (χ2n) is 2.42. The zero-order chi connectivity index (χ0) is 7.82. The Hall–Kier alpha value is 0.0200. The predicted octanol–water partition coefficient (Wildman–Crippen LogP) is 2.50. The summed E-state index contributed by atoms with van der Waals surface area (Å²) in [7, 11) is 0. The second kappa shape index (κ2) is 7.13. The standard InChI is InChI=1S/C8H16OS/c1-3-6-10-7-4-5-8(2)9/h3-7H2,1-2H3. The highest BCUT2D eigenvalue weighted by Crippen LogP contribution is 2.05. The van der Waals surface area contributed by atoms with Crippen molar-refractivity contribution >= 4 is 17.5 Å². The van der Waals surface area contributed by atoms with Crippen LogP contribution in [0, 0.1) is 0 Å². The molecule has 0 saturated carbocycles. The molecule has 0 fully saturated rings. The Labute approximate surface area is 67.6 Å². The van der Waals surface area contributed by atoms with Gasteiger partial charge in [-0.15, -0.1) is 0 Å². The number of carbonyl (C=O) groups excluding carboxylic acids is 1.